The Hall–Kier alpha value is -2.57. The zero-order valence-electron chi connectivity index (χ0n) is 16.0. The largest absolute Gasteiger partial charge is 0.497 e. The molecule has 0 bridgehead atoms. The first kappa shape index (κ1) is 19.2. The third-order valence-electron chi connectivity index (χ3n) is 5.41. The maximum Gasteiger partial charge on any atom is 0.253 e. The summed E-state index contributed by atoms with van der Waals surface area (Å²) in [4.78, 5) is 42.6. The molecule has 0 N–H and O–H groups in total. The first-order chi connectivity index (χ1) is 13.0. The van der Waals surface area contributed by atoms with Gasteiger partial charge in [-0.15, -0.1) is 0 Å². The van der Waals surface area contributed by atoms with Crippen molar-refractivity contribution < 1.29 is 19.1 Å². The molecule has 1 atom stereocenters. The Labute approximate surface area is 159 Å². The minimum atomic E-state index is -0.347. The minimum absolute atomic E-state index is 0.0152. The summed E-state index contributed by atoms with van der Waals surface area (Å²) in [5, 5.41) is 0. The van der Waals surface area contributed by atoms with Crippen LogP contribution in [-0.4, -0.2) is 78.3 Å². The quantitative estimate of drug-likeness (QED) is 0.803. The molecule has 0 spiro atoms. The molecule has 0 aliphatic carbocycles. The number of carbonyl (C=O) groups excluding carboxylic acids is 3. The van der Waals surface area contributed by atoms with Crippen LogP contribution < -0.4 is 4.74 Å². The number of piperidine rings is 1. The van der Waals surface area contributed by atoms with Gasteiger partial charge in [-0.3, -0.25) is 14.4 Å². The van der Waals surface area contributed by atoms with Crippen molar-refractivity contribution in [3.63, 3.8) is 0 Å². The van der Waals surface area contributed by atoms with E-state index in [1.165, 1.54) is 6.92 Å². The van der Waals surface area contributed by atoms with Gasteiger partial charge in [-0.2, -0.15) is 0 Å². The molecule has 7 nitrogen and oxygen atoms in total. The lowest BCUT2D eigenvalue weighted by Crippen LogP contribution is -2.57. The molecule has 1 unspecified atom stereocenters. The lowest BCUT2D eigenvalue weighted by Gasteiger charge is -2.40. The molecule has 1 aromatic carbocycles. The summed E-state index contributed by atoms with van der Waals surface area (Å²) in [6.45, 7) is 4.19. The van der Waals surface area contributed by atoms with Crippen molar-refractivity contribution in [2.24, 2.45) is 0 Å². The Bertz CT molecular complexity index is 696. The zero-order chi connectivity index (χ0) is 19.4. The number of benzene rings is 1. The van der Waals surface area contributed by atoms with Gasteiger partial charge in [0.05, 0.1) is 7.11 Å². The maximum atomic E-state index is 12.9. The highest BCUT2D eigenvalue weighted by atomic mass is 16.5. The first-order valence-corrected chi connectivity index (χ1v) is 9.50. The fourth-order valence-corrected chi connectivity index (χ4v) is 3.82. The predicted molar refractivity (Wildman–Crippen MR) is 101 cm³/mol. The Morgan fingerprint density at radius 3 is 2.15 bits per heavy atom. The third-order valence-corrected chi connectivity index (χ3v) is 5.41. The van der Waals surface area contributed by atoms with Crippen LogP contribution in [0.2, 0.25) is 0 Å². The van der Waals surface area contributed by atoms with Gasteiger partial charge >= 0.3 is 0 Å². The second-order valence-electron chi connectivity index (χ2n) is 7.07. The minimum Gasteiger partial charge on any atom is -0.497 e. The van der Waals surface area contributed by atoms with E-state index in [9.17, 15) is 14.4 Å². The monoisotopic (exact) mass is 373 g/mol. The lowest BCUT2D eigenvalue weighted by molar-refractivity contribution is -0.147. The van der Waals surface area contributed by atoms with Crippen LogP contribution in [0.5, 0.6) is 5.75 Å². The second kappa shape index (κ2) is 8.41. The van der Waals surface area contributed by atoms with E-state index in [2.05, 4.69) is 0 Å². The van der Waals surface area contributed by atoms with Crippen LogP contribution in [0.1, 0.15) is 36.5 Å². The van der Waals surface area contributed by atoms with Crippen molar-refractivity contribution in [3.05, 3.63) is 29.8 Å². The van der Waals surface area contributed by atoms with E-state index in [-0.39, 0.29) is 23.8 Å². The number of nitrogens with zero attached hydrogens (tertiary/aromatic N) is 3. The van der Waals surface area contributed by atoms with Crippen molar-refractivity contribution in [3.8, 4) is 5.75 Å². The molecule has 27 heavy (non-hydrogen) atoms. The summed E-state index contributed by atoms with van der Waals surface area (Å²) in [6.07, 6.45) is 2.65. The molecular weight excluding hydrogens is 346 g/mol. The smallest absolute Gasteiger partial charge is 0.253 e. The first-order valence-electron chi connectivity index (χ1n) is 9.50. The molecular formula is C20H27N3O4. The Kier molecular flexibility index (Phi) is 5.98. The number of likely N-dealkylation sites (tertiary alicyclic amines) is 1. The average molecular weight is 373 g/mol. The van der Waals surface area contributed by atoms with Crippen LogP contribution in [0.15, 0.2) is 24.3 Å². The fraction of sp³-hybridized carbons (Fsp3) is 0.550. The Balaban J connectivity index is 1.58. The number of ether oxygens (including phenoxy) is 1. The van der Waals surface area contributed by atoms with Gasteiger partial charge in [0.15, 0.2) is 0 Å². The zero-order valence-corrected chi connectivity index (χ0v) is 16.0. The SMILES string of the molecule is COc1ccc(C(=O)N2CCN(C(=O)C3CCCCN3C(C)=O)CC2)cc1. The number of hydrogen-bond acceptors (Lipinski definition) is 4. The molecule has 2 saturated heterocycles. The average Bonchev–Trinajstić information content (AvgIpc) is 2.73. The molecule has 2 heterocycles. The number of rotatable bonds is 3. The summed E-state index contributed by atoms with van der Waals surface area (Å²) in [6, 6.07) is 6.70. The van der Waals surface area contributed by atoms with Crippen LogP contribution in [0.3, 0.4) is 0 Å². The van der Waals surface area contributed by atoms with Gasteiger partial charge in [0, 0.05) is 45.2 Å². The molecule has 7 heteroatoms. The molecule has 146 valence electrons. The van der Waals surface area contributed by atoms with Crippen molar-refractivity contribution in [2.45, 2.75) is 32.2 Å². The number of hydrogen-bond donors (Lipinski definition) is 0. The van der Waals surface area contributed by atoms with E-state index in [0.717, 1.165) is 19.3 Å². The highest BCUT2D eigenvalue weighted by Crippen LogP contribution is 2.20. The third kappa shape index (κ3) is 4.23. The second-order valence-corrected chi connectivity index (χ2v) is 7.07. The summed E-state index contributed by atoms with van der Waals surface area (Å²) in [7, 11) is 1.59. The maximum absolute atomic E-state index is 12.9. The van der Waals surface area contributed by atoms with Gasteiger partial charge in [-0.1, -0.05) is 0 Å². The van der Waals surface area contributed by atoms with E-state index >= 15 is 0 Å². The van der Waals surface area contributed by atoms with Gasteiger partial charge in [0.2, 0.25) is 11.8 Å². The molecule has 2 aliphatic heterocycles. The van der Waals surface area contributed by atoms with Crippen LogP contribution in [0.4, 0.5) is 0 Å². The van der Waals surface area contributed by atoms with E-state index < -0.39 is 0 Å². The Morgan fingerprint density at radius 2 is 1.56 bits per heavy atom. The van der Waals surface area contributed by atoms with E-state index in [1.807, 2.05) is 0 Å². The highest BCUT2D eigenvalue weighted by Gasteiger charge is 2.35. The topological polar surface area (TPSA) is 70.2 Å². The summed E-state index contributed by atoms with van der Waals surface area (Å²) >= 11 is 0. The molecule has 0 aromatic heterocycles. The number of methoxy groups -OCH3 is 1. The normalized spacial score (nSPS) is 20.4. The van der Waals surface area contributed by atoms with Crippen LogP contribution in [0.25, 0.3) is 0 Å². The van der Waals surface area contributed by atoms with Crippen LogP contribution >= 0.6 is 0 Å². The molecule has 3 rings (SSSR count). The van der Waals surface area contributed by atoms with Crippen LogP contribution in [-0.2, 0) is 9.59 Å². The molecule has 0 saturated carbocycles. The lowest BCUT2D eigenvalue weighted by atomic mass is 10.0. The van der Waals surface area contributed by atoms with Gasteiger partial charge < -0.3 is 19.4 Å². The number of amides is 3. The molecule has 3 amide bonds. The van der Waals surface area contributed by atoms with Gasteiger partial charge in [0.25, 0.3) is 5.91 Å². The van der Waals surface area contributed by atoms with E-state index in [4.69, 9.17) is 4.74 Å². The molecule has 2 aliphatic rings. The van der Waals surface area contributed by atoms with Crippen molar-refractivity contribution in [1.82, 2.24) is 14.7 Å². The standard InChI is InChI=1S/C20H27N3O4/c1-15(24)23-10-4-3-5-18(23)20(26)22-13-11-21(12-14-22)19(25)16-6-8-17(27-2)9-7-16/h6-9,18H,3-5,10-14H2,1-2H3. The van der Waals surface area contributed by atoms with E-state index in [0.29, 0.717) is 44.0 Å². The number of piperazine rings is 1. The van der Waals surface area contributed by atoms with Crippen molar-refractivity contribution >= 4 is 17.7 Å². The van der Waals surface area contributed by atoms with Gasteiger partial charge in [-0.25, -0.2) is 0 Å². The summed E-state index contributed by atoms with van der Waals surface area (Å²) in [5.74, 6) is 0.653. The van der Waals surface area contributed by atoms with Crippen molar-refractivity contribution in [1.29, 1.82) is 0 Å². The molecule has 0 radical (unpaired) electrons. The van der Waals surface area contributed by atoms with Gasteiger partial charge in [-0.05, 0) is 43.5 Å². The summed E-state index contributed by atoms with van der Waals surface area (Å²) in [5.41, 5.74) is 0.616. The molecule has 2 fully saturated rings. The molecule has 1 aromatic rings. The Morgan fingerprint density at radius 1 is 0.926 bits per heavy atom. The fourth-order valence-electron chi connectivity index (χ4n) is 3.82. The predicted octanol–water partition coefficient (Wildman–Crippen LogP) is 1.38. The van der Waals surface area contributed by atoms with Crippen LogP contribution in [0, 0.1) is 0 Å². The number of carbonyl (C=O) groups is 3. The van der Waals surface area contributed by atoms with E-state index in [1.54, 1.807) is 46.1 Å². The summed E-state index contributed by atoms with van der Waals surface area (Å²) < 4.78 is 5.12. The highest BCUT2D eigenvalue weighted by molar-refractivity contribution is 5.94. The van der Waals surface area contributed by atoms with Crippen molar-refractivity contribution in [2.75, 3.05) is 39.8 Å². The van der Waals surface area contributed by atoms with Gasteiger partial charge in [0.1, 0.15) is 11.8 Å².